The first-order valence-electron chi connectivity index (χ1n) is 5.38. The molecule has 5 nitrogen and oxygen atoms in total. The van der Waals surface area contributed by atoms with Crippen molar-refractivity contribution in [3.8, 4) is 11.8 Å². The Hall–Kier alpha value is -1.38. The highest BCUT2D eigenvalue weighted by atomic mass is 16.5. The van der Waals surface area contributed by atoms with Crippen LogP contribution in [-0.4, -0.2) is 45.9 Å². The summed E-state index contributed by atoms with van der Waals surface area (Å²) in [7, 11) is 1.93. The zero-order valence-corrected chi connectivity index (χ0v) is 9.68. The Kier molecular flexibility index (Phi) is 3.54. The van der Waals surface area contributed by atoms with Crippen molar-refractivity contribution in [1.82, 2.24) is 19.7 Å². The Morgan fingerprint density at radius 1 is 1.62 bits per heavy atom. The van der Waals surface area contributed by atoms with Crippen molar-refractivity contribution in [3.05, 3.63) is 12.2 Å². The number of morpholine rings is 1. The molecule has 1 aliphatic rings. The van der Waals surface area contributed by atoms with Gasteiger partial charge in [-0.25, -0.2) is 0 Å². The molecule has 0 aromatic carbocycles. The van der Waals surface area contributed by atoms with E-state index in [1.54, 1.807) is 6.33 Å². The molecule has 0 amide bonds. The summed E-state index contributed by atoms with van der Waals surface area (Å²) >= 11 is 0. The molecule has 86 valence electrons. The lowest BCUT2D eigenvalue weighted by Crippen LogP contribution is -2.39. The van der Waals surface area contributed by atoms with E-state index in [0.29, 0.717) is 0 Å². The number of hydrogen-bond donors (Lipinski definition) is 0. The minimum absolute atomic E-state index is 0.0138. The van der Waals surface area contributed by atoms with Crippen LogP contribution >= 0.6 is 0 Å². The van der Waals surface area contributed by atoms with Gasteiger partial charge in [-0.2, -0.15) is 0 Å². The van der Waals surface area contributed by atoms with Crippen molar-refractivity contribution < 1.29 is 4.74 Å². The van der Waals surface area contributed by atoms with Gasteiger partial charge in [0.25, 0.3) is 0 Å². The second-order valence-corrected chi connectivity index (χ2v) is 3.82. The van der Waals surface area contributed by atoms with E-state index in [2.05, 4.69) is 26.9 Å². The van der Waals surface area contributed by atoms with Gasteiger partial charge in [-0.05, 0) is 6.92 Å². The van der Waals surface area contributed by atoms with Crippen LogP contribution in [0.5, 0.6) is 0 Å². The Balaban J connectivity index is 2.01. The Morgan fingerprint density at radius 3 is 3.19 bits per heavy atom. The van der Waals surface area contributed by atoms with Gasteiger partial charge in [0, 0.05) is 20.1 Å². The fourth-order valence-electron chi connectivity index (χ4n) is 1.78. The molecule has 2 heterocycles. The highest BCUT2D eigenvalue weighted by Gasteiger charge is 2.24. The van der Waals surface area contributed by atoms with E-state index < -0.39 is 0 Å². The molecular formula is C11H16N4O. The minimum Gasteiger partial charge on any atom is -0.368 e. The van der Waals surface area contributed by atoms with Crippen LogP contribution in [0.25, 0.3) is 0 Å². The first-order valence-corrected chi connectivity index (χ1v) is 5.38. The van der Waals surface area contributed by atoms with Crippen molar-refractivity contribution in [2.75, 3.05) is 26.2 Å². The molecule has 1 aromatic heterocycles. The number of aromatic nitrogens is 3. The van der Waals surface area contributed by atoms with Crippen LogP contribution in [0.1, 0.15) is 18.9 Å². The molecule has 1 aliphatic heterocycles. The van der Waals surface area contributed by atoms with E-state index in [1.165, 1.54) is 0 Å². The fourth-order valence-corrected chi connectivity index (χ4v) is 1.78. The summed E-state index contributed by atoms with van der Waals surface area (Å²) in [5.41, 5.74) is 0. The molecule has 0 saturated carbocycles. The summed E-state index contributed by atoms with van der Waals surface area (Å²) < 4.78 is 7.60. The normalized spacial score (nSPS) is 21.5. The zero-order valence-electron chi connectivity index (χ0n) is 9.68. The standard InChI is InChI=1S/C11H16N4O/c1-3-4-5-15-6-7-16-10(8-15)11-13-12-9-14(11)2/h9-10H,5-8H2,1-2H3. The molecular weight excluding hydrogens is 204 g/mol. The summed E-state index contributed by atoms with van der Waals surface area (Å²) in [6.07, 6.45) is 1.71. The lowest BCUT2D eigenvalue weighted by atomic mass is 10.2. The Labute approximate surface area is 95.4 Å². The molecule has 1 saturated heterocycles. The van der Waals surface area contributed by atoms with Crippen molar-refractivity contribution in [3.63, 3.8) is 0 Å². The Bertz CT molecular complexity index is 404. The van der Waals surface area contributed by atoms with Gasteiger partial charge in [-0.3, -0.25) is 4.90 Å². The summed E-state index contributed by atoms with van der Waals surface area (Å²) in [4.78, 5) is 2.28. The van der Waals surface area contributed by atoms with Gasteiger partial charge >= 0.3 is 0 Å². The molecule has 0 N–H and O–H groups in total. The SMILES string of the molecule is CC#CCN1CCOC(c2nncn2C)C1. The molecule has 0 spiro atoms. The number of nitrogens with zero attached hydrogens (tertiary/aromatic N) is 4. The molecule has 16 heavy (non-hydrogen) atoms. The van der Waals surface area contributed by atoms with Crippen LogP contribution in [0.15, 0.2) is 6.33 Å². The molecule has 1 unspecified atom stereocenters. The number of rotatable bonds is 2. The van der Waals surface area contributed by atoms with Crippen molar-refractivity contribution in [1.29, 1.82) is 0 Å². The predicted octanol–water partition coefficient (Wildman–Crippen LogP) is 0.212. The van der Waals surface area contributed by atoms with Crippen molar-refractivity contribution >= 4 is 0 Å². The Morgan fingerprint density at radius 2 is 2.50 bits per heavy atom. The van der Waals surface area contributed by atoms with Gasteiger partial charge in [0.2, 0.25) is 0 Å². The quantitative estimate of drug-likeness (QED) is 0.668. The van der Waals surface area contributed by atoms with Gasteiger partial charge in [0.15, 0.2) is 5.82 Å². The second-order valence-electron chi connectivity index (χ2n) is 3.82. The molecule has 1 fully saturated rings. The van der Waals surface area contributed by atoms with Gasteiger partial charge in [-0.15, -0.1) is 16.1 Å². The molecule has 0 bridgehead atoms. The third-order valence-electron chi connectivity index (χ3n) is 2.66. The van der Waals surface area contributed by atoms with Gasteiger partial charge in [0.1, 0.15) is 12.4 Å². The van der Waals surface area contributed by atoms with Crippen LogP contribution in [-0.2, 0) is 11.8 Å². The van der Waals surface area contributed by atoms with Crippen molar-refractivity contribution in [2.24, 2.45) is 7.05 Å². The zero-order chi connectivity index (χ0) is 11.4. The topological polar surface area (TPSA) is 43.2 Å². The molecule has 5 heteroatoms. The number of aryl methyl sites for hydroxylation is 1. The van der Waals surface area contributed by atoms with Crippen LogP contribution in [0, 0.1) is 11.8 Å². The van der Waals surface area contributed by atoms with E-state index in [-0.39, 0.29) is 6.10 Å². The summed E-state index contributed by atoms with van der Waals surface area (Å²) in [6.45, 7) is 5.15. The van der Waals surface area contributed by atoms with Crippen LogP contribution in [0.3, 0.4) is 0 Å². The van der Waals surface area contributed by atoms with Crippen LogP contribution in [0.4, 0.5) is 0 Å². The highest BCUT2D eigenvalue weighted by molar-refractivity contribution is 5.00. The molecule has 2 rings (SSSR count). The van der Waals surface area contributed by atoms with Crippen molar-refractivity contribution in [2.45, 2.75) is 13.0 Å². The monoisotopic (exact) mass is 220 g/mol. The maximum Gasteiger partial charge on any atom is 0.163 e. The maximum absolute atomic E-state index is 5.70. The first-order chi connectivity index (χ1) is 7.81. The molecule has 1 aromatic rings. The summed E-state index contributed by atoms with van der Waals surface area (Å²) in [5, 5.41) is 7.95. The first kappa shape index (κ1) is 11.1. The second kappa shape index (κ2) is 5.10. The van der Waals surface area contributed by atoms with Gasteiger partial charge in [0.05, 0.1) is 13.2 Å². The molecule has 0 aliphatic carbocycles. The van der Waals surface area contributed by atoms with Gasteiger partial charge < -0.3 is 9.30 Å². The number of ether oxygens (including phenoxy) is 1. The van der Waals surface area contributed by atoms with E-state index in [1.807, 2.05) is 18.5 Å². The molecule has 1 atom stereocenters. The number of hydrogen-bond acceptors (Lipinski definition) is 4. The summed E-state index contributed by atoms with van der Waals surface area (Å²) in [6, 6.07) is 0. The van der Waals surface area contributed by atoms with E-state index in [9.17, 15) is 0 Å². The van der Waals surface area contributed by atoms with Crippen LogP contribution in [0.2, 0.25) is 0 Å². The van der Waals surface area contributed by atoms with Crippen LogP contribution < -0.4 is 0 Å². The predicted molar refractivity (Wildman–Crippen MR) is 59.6 cm³/mol. The minimum atomic E-state index is 0.0138. The average Bonchev–Trinajstić information content (AvgIpc) is 2.73. The molecule has 0 radical (unpaired) electrons. The lowest BCUT2D eigenvalue weighted by molar-refractivity contribution is -0.0312. The smallest absolute Gasteiger partial charge is 0.163 e. The third-order valence-corrected chi connectivity index (χ3v) is 2.66. The van der Waals surface area contributed by atoms with E-state index >= 15 is 0 Å². The maximum atomic E-state index is 5.70. The highest BCUT2D eigenvalue weighted by Crippen LogP contribution is 2.19. The van der Waals surface area contributed by atoms with Gasteiger partial charge in [-0.1, -0.05) is 5.92 Å². The summed E-state index contributed by atoms with van der Waals surface area (Å²) in [5.74, 6) is 6.87. The lowest BCUT2D eigenvalue weighted by Gasteiger charge is -2.30. The van der Waals surface area contributed by atoms with E-state index in [4.69, 9.17) is 4.74 Å². The average molecular weight is 220 g/mol. The fraction of sp³-hybridized carbons (Fsp3) is 0.636. The van der Waals surface area contributed by atoms with E-state index in [0.717, 1.165) is 32.1 Å². The largest absolute Gasteiger partial charge is 0.368 e. The third kappa shape index (κ3) is 2.40.